The summed E-state index contributed by atoms with van der Waals surface area (Å²) in [6, 6.07) is 11.3. The zero-order chi connectivity index (χ0) is 16.7. The minimum absolute atomic E-state index is 0.0710. The van der Waals surface area contributed by atoms with E-state index in [-0.39, 0.29) is 24.0 Å². The number of thioether (sulfide) groups is 1. The van der Waals surface area contributed by atoms with E-state index in [0.717, 1.165) is 5.69 Å². The largest absolute Gasteiger partial charge is 0.384 e. The van der Waals surface area contributed by atoms with Crippen LogP contribution < -0.4 is 5.32 Å². The minimum atomic E-state index is -1.24. The molecule has 6 heteroatoms. The van der Waals surface area contributed by atoms with Gasteiger partial charge in [-0.05, 0) is 36.8 Å². The Morgan fingerprint density at radius 2 is 2.04 bits per heavy atom. The monoisotopic (exact) mass is 334 g/mol. The molecule has 0 bridgehead atoms. The number of carbonyl (C=O) groups is 1. The van der Waals surface area contributed by atoms with Gasteiger partial charge in [-0.3, -0.25) is 9.78 Å². The number of benzene rings is 1. The quantitative estimate of drug-likeness (QED) is 0.817. The van der Waals surface area contributed by atoms with E-state index in [2.05, 4.69) is 10.3 Å². The summed E-state index contributed by atoms with van der Waals surface area (Å²) >= 11 is 1.46. The Morgan fingerprint density at radius 3 is 2.70 bits per heavy atom. The number of carbonyl (C=O) groups excluding carboxylic acids is 1. The van der Waals surface area contributed by atoms with Crippen molar-refractivity contribution in [2.24, 2.45) is 0 Å². The van der Waals surface area contributed by atoms with Gasteiger partial charge in [0.05, 0.1) is 18.0 Å². The highest BCUT2D eigenvalue weighted by molar-refractivity contribution is 7.99. The molecule has 1 aromatic heterocycles. The van der Waals surface area contributed by atoms with Crippen molar-refractivity contribution in [3.63, 3.8) is 0 Å². The van der Waals surface area contributed by atoms with Crippen LogP contribution in [0.4, 0.5) is 4.39 Å². The maximum absolute atomic E-state index is 12.9. The number of amides is 1. The second-order valence-electron chi connectivity index (χ2n) is 5.37. The predicted molar refractivity (Wildman–Crippen MR) is 89.4 cm³/mol. The summed E-state index contributed by atoms with van der Waals surface area (Å²) in [5.41, 5.74) is 0.235. The van der Waals surface area contributed by atoms with Gasteiger partial charge >= 0.3 is 0 Å². The number of hydrogen-bond acceptors (Lipinski definition) is 4. The average Bonchev–Trinajstić information content (AvgIpc) is 2.54. The van der Waals surface area contributed by atoms with Gasteiger partial charge in [0.15, 0.2) is 0 Å². The topological polar surface area (TPSA) is 62.2 Å². The van der Waals surface area contributed by atoms with Crippen molar-refractivity contribution in [3.05, 3.63) is 65.7 Å². The van der Waals surface area contributed by atoms with Crippen LogP contribution in [-0.4, -0.2) is 28.3 Å². The summed E-state index contributed by atoms with van der Waals surface area (Å²) in [4.78, 5) is 16.0. The molecule has 122 valence electrons. The smallest absolute Gasteiger partial charge is 0.230 e. The molecule has 0 radical (unpaired) electrons. The van der Waals surface area contributed by atoms with Gasteiger partial charge in [0, 0.05) is 11.9 Å². The van der Waals surface area contributed by atoms with Gasteiger partial charge in [-0.2, -0.15) is 0 Å². The van der Waals surface area contributed by atoms with Gasteiger partial charge in [-0.15, -0.1) is 11.8 Å². The van der Waals surface area contributed by atoms with E-state index < -0.39 is 5.60 Å². The van der Waals surface area contributed by atoms with E-state index in [0.29, 0.717) is 11.3 Å². The molecule has 4 nitrogen and oxygen atoms in total. The number of aromatic nitrogens is 1. The Bertz CT molecular complexity index is 633. The molecular weight excluding hydrogens is 315 g/mol. The van der Waals surface area contributed by atoms with E-state index in [1.165, 1.54) is 36.0 Å². The lowest BCUT2D eigenvalue weighted by Gasteiger charge is -2.24. The van der Waals surface area contributed by atoms with Gasteiger partial charge in [-0.25, -0.2) is 4.39 Å². The molecule has 1 aromatic carbocycles. The van der Waals surface area contributed by atoms with Crippen LogP contribution in [0.5, 0.6) is 0 Å². The third-order valence-corrected chi connectivity index (χ3v) is 4.27. The van der Waals surface area contributed by atoms with Gasteiger partial charge in [0.1, 0.15) is 11.4 Å². The fourth-order valence-electron chi connectivity index (χ4n) is 1.96. The van der Waals surface area contributed by atoms with Crippen molar-refractivity contribution in [2.75, 3.05) is 12.3 Å². The van der Waals surface area contributed by atoms with Gasteiger partial charge in [0.2, 0.25) is 5.91 Å². The van der Waals surface area contributed by atoms with E-state index in [9.17, 15) is 14.3 Å². The normalized spacial score (nSPS) is 13.3. The van der Waals surface area contributed by atoms with Crippen LogP contribution in [0, 0.1) is 5.82 Å². The van der Waals surface area contributed by atoms with Crippen LogP contribution in [0.2, 0.25) is 0 Å². The van der Waals surface area contributed by atoms with Crippen molar-refractivity contribution < 1.29 is 14.3 Å². The third-order valence-electron chi connectivity index (χ3n) is 3.31. The molecular formula is C17H19FN2O2S. The summed E-state index contributed by atoms with van der Waals surface area (Å²) in [7, 11) is 0. The standard InChI is InChI=1S/C17H19FN2O2S/c1-17(22,13-5-7-14(18)8-6-13)12-20-16(21)11-23-10-15-4-2-3-9-19-15/h2-9,22H,10-12H2,1H3,(H,20,21). The second-order valence-corrected chi connectivity index (χ2v) is 6.36. The van der Waals surface area contributed by atoms with Crippen LogP contribution >= 0.6 is 11.8 Å². The average molecular weight is 334 g/mol. The van der Waals surface area contributed by atoms with Crippen LogP contribution in [-0.2, 0) is 16.1 Å². The summed E-state index contributed by atoms with van der Waals surface area (Å²) in [5, 5.41) is 13.1. The van der Waals surface area contributed by atoms with Crippen molar-refractivity contribution in [1.29, 1.82) is 0 Å². The molecule has 1 atom stereocenters. The first-order valence-electron chi connectivity index (χ1n) is 7.20. The highest BCUT2D eigenvalue weighted by atomic mass is 32.2. The van der Waals surface area contributed by atoms with Gasteiger partial charge in [0.25, 0.3) is 0 Å². The first-order valence-corrected chi connectivity index (χ1v) is 8.35. The fourth-order valence-corrected chi connectivity index (χ4v) is 2.73. The molecule has 0 aliphatic heterocycles. The van der Waals surface area contributed by atoms with Gasteiger partial charge in [-0.1, -0.05) is 18.2 Å². The third kappa shape index (κ3) is 5.65. The Hall–Kier alpha value is -1.92. The number of nitrogens with zero attached hydrogens (tertiary/aromatic N) is 1. The molecule has 2 N–H and O–H groups in total. The van der Waals surface area contributed by atoms with Crippen molar-refractivity contribution in [3.8, 4) is 0 Å². The lowest BCUT2D eigenvalue weighted by Crippen LogP contribution is -2.39. The molecule has 1 heterocycles. The second kappa shape index (κ2) is 8.08. The van der Waals surface area contributed by atoms with Gasteiger partial charge < -0.3 is 10.4 Å². The predicted octanol–water partition coefficient (Wildman–Crippen LogP) is 2.48. The number of pyridine rings is 1. The molecule has 2 rings (SSSR count). The maximum atomic E-state index is 12.9. The Balaban J connectivity index is 1.76. The lowest BCUT2D eigenvalue weighted by atomic mass is 9.96. The molecule has 0 aliphatic carbocycles. The number of rotatable bonds is 7. The van der Waals surface area contributed by atoms with Crippen molar-refractivity contribution >= 4 is 17.7 Å². The molecule has 23 heavy (non-hydrogen) atoms. The summed E-state index contributed by atoms with van der Waals surface area (Å²) in [5.74, 6) is 0.423. The summed E-state index contributed by atoms with van der Waals surface area (Å²) in [6.45, 7) is 1.66. The van der Waals surface area contributed by atoms with E-state index in [1.807, 2.05) is 18.2 Å². The Morgan fingerprint density at radius 1 is 1.30 bits per heavy atom. The Kier molecular flexibility index (Phi) is 6.12. The van der Waals surface area contributed by atoms with Crippen LogP contribution in [0.25, 0.3) is 0 Å². The molecule has 0 fully saturated rings. The molecule has 0 saturated heterocycles. The van der Waals surface area contributed by atoms with Crippen LogP contribution in [0.15, 0.2) is 48.7 Å². The number of halogens is 1. The SMILES string of the molecule is CC(O)(CNC(=O)CSCc1ccccn1)c1ccc(F)cc1. The number of nitrogens with one attached hydrogen (secondary N) is 1. The van der Waals surface area contributed by atoms with Crippen molar-refractivity contribution in [2.45, 2.75) is 18.3 Å². The maximum Gasteiger partial charge on any atom is 0.230 e. The molecule has 0 aliphatic rings. The number of hydrogen-bond donors (Lipinski definition) is 2. The van der Waals surface area contributed by atoms with Crippen molar-refractivity contribution in [1.82, 2.24) is 10.3 Å². The lowest BCUT2D eigenvalue weighted by molar-refractivity contribution is -0.119. The summed E-state index contributed by atoms with van der Waals surface area (Å²) in [6.07, 6.45) is 1.72. The molecule has 1 unspecified atom stereocenters. The molecule has 2 aromatic rings. The molecule has 1 amide bonds. The zero-order valence-corrected chi connectivity index (χ0v) is 13.6. The van der Waals surface area contributed by atoms with Crippen LogP contribution in [0.3, 0.4) is 0 Å². The highest BCUT2D eigenvalue weighted by Crippen LogP contribution is 2.20. The Labute approximate surface area is 139 Å². The van der Waals surface area contributed by atoms with E-state index >= 15 is 0 Å². The zero-order valence-electron chi connectivity index (χ0n) is 12.8. The first kappa shape index (κ1) is 17.4. The molecule has 0 saturated carbocycles. The first-order chi connectivity index (χ1) is 11.0. The minimum Gasteiger partial charge on any atom is -0.384 e. The summed E-state index contributed by atoms with van der Waals surface area (Å²) < 4.78 is 12.9. The van der Waals surface area contributed by atoms with E-state index in [1.54, 1.807) is 13.1 Å². The number of aliphatic hydroxyl groups is 1. The molecule has 0 spiro atoms. The van der Waals surface area contributed by atoms with Crippen LogP contribution in [0.1, 0.15) is 18.2 Å². The van der Waals surface area contributed by atoms with E-state index in [4.69, 9.17) is 0 Å². The fraction of sp³-hybridized carbons (Fsp3) is 0.294. The highest BCUT2D eigenvalue weighted by Gasteiger charge is 2.23.